The molecule has 0 saturated heterocycles. The number of rotatable bonds is 5. The van der Waals surface area contributed by atoms with E-state index in [2.05, 4.69) is 20.6 Å². The van der Waals surface area contributed by atoms with Gasteiger partial charge in [0.2, 0.25) is 5.95 Å². The monoisotopic (exact) mass is 358 g/mol. The van der Waals surface area contributed by atoms with Crippen molar-refractivity contribution in [3.8, 4) is 11.5 Å². The van der Waals surface area contributed by atoms with E-state index in [4.69, 9.17) is 4.74 Å². The molecule has 0 fully saturated rings. The maximum Gasteiger partial charge on any atom is 0.229 e. The van der Waals surface area contributed by atoms with E-state index in [0.29, 0.717) is 11.8 Å². The Bertz CT molecular complexity index is 1070. The van der Waals surface area contributed by atoms with Gasteiger partial charge >= 0.3 is 0 Å². The van der Waals surface area contributed by atoms with E-state index in [1.807, 2.05) is 48.5 Å². The number of aromatic nitrogens is 2. The second-order valence-electron chi connectivity index (χ2n) is 5.94. The van der Waals surface area contributed by atoms with Crippen molar-refractivity contribution in [2.75, 3.05) is 17.7 Å². The molecule has 27 heavy (non-hydrogen) atoms. The minimum atomic E-state index is 0.207. The van der Waals surface area contributed by atoms with Gasteiger partial charge in [0.05, 0.1) is 12.6 Å². The Morgan fingerprint density at radius 3 is 2.30 bits per heavy atom. The van der Waals surface area contributed by atoms with E-state index in [0.717, 1.165) is 28.0 Å². The number of hydrogen-bond acceptors (Lipinski definition) is 6. The van der Waals surface area contributed by atoms with Gasteiger partial charge < -0.3 is 20.5 Å². The summed E-state index contributed by atoms with van der Waals surface area (Å²) in [6.45, 7) is 0. The summed E-state index contributed by atoms with van der Waals surface area (Å²) in [6.07, 6.45) is 0. The zero-order valence-electron chi connectivity index (χ0n) is 14.7. The van der Waals surface area contributed by atoms with Crippen LogP contribution in [-0.4, -0.2) is 22.2 Å². The second-order valence-corrected chi connectivity index (χ2v) is 5.94. The standard InChI is InChI=1S/C21H18N4O2/c1-27-17-11-12-19-18(13-17)20(22-14-5-3-2-4-6-14)25-21(24-19)23-15-7-9-16(26)10-8-15/h2-13,26H,1H3,(H2,22,23,24,25). The van der Waals surface area contributed by atoms with Gasteiger partial charge in [-0.2, -0.15) is 4.98 Å². The van der Waals surface area contributed by atoms with Gasteiger partial charge in [-0.25, -0.2) is 4.98 Å². The fraction of sp³-hybridized carbons (Fsp3) is 0.0476. The van der Waals surface area contributed by atoms with Crippen LogP contribution < -0.4 is 15.4 Å². The van der Waals surface area contributed by atoms with Crippen molar-refractivity contribution < 1.29 is 9.84 Å². The summed E-state index contributed by atoms with van der Waals surface area (Å²) in [5, 5.41) is 16.8. The zero-order valence-corrected chi connectivity index (χ0v) is 14.7. The van der Waals surface area contributed by atoms with Crippen LogP contribution in [0.15, 0.2) is 72.8 Å². The number of anilines is 4. The van der Waals surface area contributed by atoms with E-state index >= 15 is 0 Å². The molecule has 0 bridgehead atoms. The highest BCUT2D eigenvalue weighted by Crippen LogP contribution is 2.29. The molecular formula is C21H18N4O2. The quantitative estimate of drug-likeness (QED) is 0.443. The summed E-state index contributed by atoms with van der Waals surface area (Å²) in [6, 6.07) is 22.2. The number of para-hydroxylation sites is 1. The Morgan fingerprint density at radius 1 is 0.815 bits per heavy atom. The highest BCUT2D eigenvalue weighted by molar-refractivity contribution is 5.93. The summed E-state index contributed by atoms with van der Waals surface area (Å²) >= 11 is 0. The fourth-order valence-corrected chi connectivity index (χ4v) is 2.72. The first kappa shape index (κ1) is 16.7. The van der Waals surface area contributed by atoms with E-state index < -0.39 is 0 Å². The van der Waals surface area contributed by atoms with Crippen LogP contribution in [0.2, 0.25) is 0 Å². The van der Waals surface area contributed by atoms with E-state index in [1.165, 1.54) is 0 Å². The third-order valence-electron chi connectivity index (χ3n) is 4.06. The molecule has 0 aliphatic rings. The molecule has 0 unspecified atom stereocenters. The van der Waals surface area contributed by atoms with E-state index in [1.54, 1.807) is 31.4 Å². The molecule has 4 aromatic rings. The molecule has 0 saturated carbocycles. The lowest BCUT2D eigenvalue weighted by Crippen LogP contribution is -2.02. The number of phenols is 1. The lowest BCUT2D eigenvalue weighted by molar-refractivity contribution is 0.415. The third-order valence-corrected chi connectivity index (χ3v) is 4.06. The van der Waals surface area contributed by atoms with Gasteiger partial charge in [-0.05, 0) is 54.6 Å². The van der Waals surface area contributed by atoms with Crippen molar-refractivity contribution in [3.63, 3.8) is 0 Å². The third kappa shape index (κ3) is 3.74. The topological polar surface area (TPSA) is 79.3 Å². The van der Waals surface area contributed by atoms with Gasteiger partial charge in [0.25, 0.3) is 0 Å². The Labute approximate surface area is 156 Å². The number of benzene rings is 3. The highest BCUT2D eigenvalue weighted by Gasteiger charge is 2.10. The lowest BCUT2D eigenvalue weighted by atomic mass is 10.2. The van der Waals surface area contributed by atoms with Crippen molar-refractivity contribution in [1.82, 2.24) is 9.97 Å². The number of methoxy groups -OCH3 is 1. The van der Waals surface area contributed by atoms with Gasteiger partial charge in [0.15, 0.2) is 0 Å². The molecule has 0 aliphatic heterocycles. The van der Waals surface area contributed by atoms with Crippen LogP contribution in [0, 0.1) is 0 Å². The Hall–Kier alpha value is -3.80. The number of nitrogens with one attached hydrogen (secondary N) is 2. The van der Waals surface area contributed by atoms with Crippen molar-refractivity contribution in [3.05, 3.63) is 72.8 Å². The molecule has 0 spiro atoms. The van der Waals surface area contributed by atoms with Crippen molar-refractivity contribution in [2.24, 2.45) is 0 Å². The van der Waals surface area contributed by atoms with Crippen LogP contribution in [0.1, 0.15) is 0 Å². The van der Waals surface area contributed by atoms with E-state index in [9.17, 15) is 5.11 Å². The number of hydrogen-bond donors (Lipinski definition) is 3. The summed E-state index contributed by atoms with van der Waals surface area (Å²) < 4.78 is 5.34. The molecule has 0 amide bonds. The van der Waals surface area contributed by atoms with Crippen LogP contribution >= 0.6 is 0 Å². The molecule has 3 N–H and O–H groups in total. The van der Waals surface area contributed by atoms with Gasteiger partial charge in [-0.1, -0.05) is 18.2 Å². The molecule has 6 heteroatoms. The van der Waals surface area contributed by atoms with Crippen LogP contribution in [-0.2, 0) is 0 Å². The molecule has 3 aromatic carbocycles. The fourth-order valence-electron chi connectivity index (χ4n) is 2.72. The molecule has 6 nitrogen and oxygen atoms in total. The van der Waals surface area contributed by atoms with Crippen molar-refractivity contribution in [2.45, 2.75) is 0 Å². The van der Waals surface area contributed by atoms with Gasteiger partial charge in [0, 0.05) is 16.8 Å². The minimum absolute atomic E-state index is 0.207. The number of ether oxygens (including phenoxy) is 1. The summed E-state index contributed by atoms with van der Waals surface area (Å²) in [7, 11) is 1.63. The Kier molecular flexibility index (Phi) is 4.45. The number of nitrogens with zero attached hydrogens (tertiary/aromatic N) is 2. The van der Waals surface area contributed by atoms with Crippen molar-refractivity contribution >= 4 is 34.0 Å². The summed E-state index contributed by atoms with van der Waals surface area (Å²) in [5.41, 5.74) is 2.49. The van der Waals surface area contributed by atoms with E-state index in [-0.39, 0.29) is 5.75 Å². The molecule has 134 valence electrons. The van der Waals surface area contributed by atoms with Gasteiger partial charge in [-0.3, -0.25) is 0 Å². The highest BCUT2D eigenvalue weighted by atomic mass is 16.5. The molecule has 0 radical (unpaired) electrons. The Morgan fingerprint density at radius 2 is 1.56 bits per heavy atom. The first-order chi connectivity index (χ1) is 13.2. The normalized spacial score (nSPS) is 10.6. The van der Waals surface area contributed by atoms with Crippen LogP contribution in [0.3, 0.4) is 0 Å². The molecule has 1 heterocycles. The summed E-state index contributed by atoms with van der Waals surface area (Å²) in [5.74, 6) is 2.07. The molecule has 0 aliphatic carbocycles. The average molecular weight is 358 g/mol. The largest absolute Gasteiger partial charge is 0.508 e. The number of fused-ring (bicyclic) bond motifs is 1. The van der Waals surface area contributed by atoms with Gasteiger partial charge in [-0.15, -0.1) is 0 Å². The predicted octanol–water partition coefficient (Wildman–Crippen LogP) is 4.83. The second kappa shape index (κ2) is 7.21. The Balaban J connectivity index is 1.77. The maximum absolute atomic E-state index is 9.44. The zero-order chi connectivity index (χ0) is 18.6. The number of aromatic hydroxyl groups is 1. The first-order valence-corrected chi connectivity index (χ1v) is 8.45. The maximum atomic E-state index is 9.44. The average Bonchev–Trinajstić information content (AvgIpc) is 2.70. The molecular weight excluding hydrogens is 340 g/mol. The lowest BCUT2D eigenvalue weighted by Gasteiger charge is -2.13. The molecule has 4 rings (SSSR count). The van der Waals surface area contributed by atoms with Crippen molar-refractivity contribution in [1.29, 1.82) is 0 Å². The first-order valence-electron chi connectivity index (χ1n) is 8.45. The predicted molar refractivity (Wildman–Crippen MR) is 107 cm³/mol. The van der Waals surface area contributed by atoms with Crippen LogP contribution in [0.5, 0.6) is 11.5 Å². The number of phenolic OH excluding ortho intramolecular Hbond substituents is 1. The molecule has 0 atom stereocenters. The minimum Gasteiger partial charge on any atom is -0.508 e. The van der Waals surface area contributed by atoms with Gasteiger partial charge in [0.1, 0.15) is 17.3 Å². The smallest absolute Gasteiger partial charge is 0.229 e. The SMILES string of the molecule is COc1ccc2nc(Nc3ccc(O)cc3)nc(Nc3ccccc3)c2c1. The summed E-state index contributed by atoms with van der Waals surface area (Å²) in [4.78, 5) is 9.23. The molecule has 1 aromatic heterocycles. The van der Waals surface area contributed by atoms with Crippen LogP contribution in [0.4, 0.5) is 23.1 Å². The van der Waals surface area contributed by atoms with Crippen LogP contribution in [0.25, 0.3) is 10.9 Å².